The van der Waals surface area contributed by atoms with E-state index in [4.69, 9.17) is 4.74 Å². The molecule has 18 heavy (non-hydrogen) atoms. The van der Waals surface area contributed by atoms with E-state index in [-0.39, 0.29) is 0 Å². The van der Waals surface area contributed by atoms with Crippen molar-refractivity contribution in [1.82, 2.24) is 15.0 Å². The molecule has 0 amide bonds. The van der Waals surface area contributed by atoms with Crippen molar-refractivity contribution in [2.24, 2.45) is 5.92 Å². The molecule has 2 N–H and O–H groups in total. The number of nitrogens with zero attached hydrogens (tertiary/aromatic N) is 3. The number of rotatable bonds is 8. The first-order valence-corrected chi connectivity index (χ1v) is 6.62. The molecule has 2 rings (SSSR count). The van der Waals surface area contributed by atoms with Gasteiger partial charge in [0.2, 0.25) is 11.9 Å². The fourth-order valence-electron chi connectivity index (χ4n) is 1.60. The highest BCUT2D eigenvalue weighted by Gasteiger charge is 2.20. The molecule has 1 aromatic heterocycles. The van der Waals surface area contributed by atoms with Crippen LogP contribution in [0.3, 0.4) is 0 Å². The minimum Gasteiger partial charge on any atom is -0.463 e. The Labute approximate surface area is 108 Å². The SMILES string of the molecule is CCCOc1nc(NC)nc(NCCC2CC2)n1. The van der Waals surface area contributed by atoms with Crippen LogP contribution in [0.15, 0.2) is 0 Å². The molecule has 1 aliphatic rings. The van der Waals surface area contributed by atoms with Gasteiger partial charge in [-0.1, -0.05) is 19.8 Å². The van der Waals surface area contributed by atoms with Gasteiger partial charge in [0.1, 0.15) is 0 Å². The van der Waals surface area contributed by atoms with Crippen LogP contribution in [0.4, 0.5) is 11.9 Å². The van der Waals surface area contributed by atoms with Gasteiger partial charge in [-0.05, 0) is 18.8 Å². The Balaban J connectivity index is 1.92. The highest BCUT2D eigenvalue weighted by atomic mass is 16.5. The Kier molecular flexibility index (Phi) is 4.55. The van der Waals surface area contributed by atoms with Gasteiger partial charge in [-0.15, -0.1) is 0 Å². The van der Waals surface area contributed by atoms with Crippen LogP contribution in [0.2, 0.25) is 0 Å². The molecule has 6 heteroatoms. The third kappa shape index (κ3) is 4.01. The monoisotopic (exact) mass is 251 g/mol. The zero-order chi connectivity index (χ0) is 12.8. The van der Waals surface area contributed by atoms with E-state index >= 15 is 0 Å². The molecule has 0 saturated heterocycles. The van der Waals surface area contributed by atoms with Crippen LogP contribution in [-0.2, 0) is 0 Å². The van der Waals surface area contributed by atoms with Crippen molar-refractivity contribution in [1.29, 1.82) is 0 Å². The van der Waals surface area contributed by atoms with E-state index < -0.39 is 0 Å². The summed E-state index contributed by atoms with van der Waals surface area (Å²) in [6.07, 6.45) is 4.85. The van der Waals surface area contributed by atoms with Crippen LogP contribution in [0.5, 0.6) is 6.01 Å². The molecular formula is C12H21N5O. The molecule has 0 spiro atoms. The summed E-state index contributed by atoms with van der Waals surface area (Å²) in [6, 6.07) is 0.380. The molecule has 0 atom stereocenters. The number of hydrogen-bond donors (Lipinski definition) is 2. The van der Waals surface area contributed by atoms with Crippen molar-refractivity contribution in [3.63, 3.8) is 0 Å². The van der Waals surface area contributed by atoms with E-state index in [0.29, 0.717) is 24.5 Å². The summed E-state index contributed by atoms with van der Waals surface area (Å²) in [5.41, 5.74) is 0. The number of hydrogen-bond acceptors (Lipinski definition) is 6. The maximum atomic E-state index is 5.44. The topological polar surface area (TPSA) is 72.0 Å². The molecule has 6 nitrogen and oxygen atoms in total. The number of aromatic nitrogens is 3. The summed E-state index contributed by atoms with van der Waals surface area (Å²) in [5, 5.41) is 6.14. The second-order valence-electron chi connectivity index (χ2n) is 4.52. The minimum absolute atomic E-state index is 0.380. The van der Waals surface area contributed by atoms with E-state index in [0.717, 1.165) is 18.9 Å². The van der Waals surface area contributed by atoms with Crippen molar-refractivity contribution in [2.45, 2.75) is 32.6 Å². The fourth-order valence-corrected chi connectivity index (χ4v) is 1.60. The van der Waals surface area contributed by atoms with Gasteiger partial charge in [-0.2, -0.15) is 15.0 Å². The van der Waals surface area contributed by atoms with Crippen LogP contribution < -0.4 is 15.4 Å². The maximum absolute atomic E-state index is 5.44. The summed E-state index contributed by atoms with van der Waals surface area (Å²) in [5.74, 6) is 2.02. The minimum atomic E-state index is 0.380. The van der Waals surface area contributed by atoms with Gasteiger partial charge in [0, 0.05) is 13.6 Å². The summed E-state index contributed by atoms with van der Waals surface area (Å²) < 4.78 is 5.44. The van der Waals surface area contributed by atoms with Gasteiger partial charge in [-0.25, -0.2) is 0 Å². The third-order valence-corrected chi connectivity index (χ3v) is 2.81. The lowest BCUT2D eigenvalue weighted by Gasteiger charge is -2.08. The van der Waals surface area contributed by atoms with Gasteiger partial charge in [0.15, 0.2) is 0 Å². The molecule has 0 aliphatic heterocycles. The molecule has 1 aromatic rings. The van der Waals surface area contributed by atoms with E-state index in [2.05, 4.69) is 32.5 Å². The standard InChI is InChI=1S/C12H21N5O/c1-3-8-18-12-16-10(13-2)15-11(17-12)14-7-6-9-4-5-9/h9H,3-8H2,1-2H3,(H2,13,14,15,16,17). The van der Waals surface area contributed by atoms with Crippen molar-refractivity contribution < 1.29 is 4.74 Å². The summed E-state index contributed by atoms with van der Waals surface area (Å²) in [7, 11) is 1.78. The lowest BCUT2D eigenvalue weighted by molar-refractivity contribution is 0.292. The molecule has 0 bridgehead atoms. The normalized spacial score (nSPS) is 14.3. The number of ether oxygens (including phenoxy) is 1. The van der Waals surface area contributed by atoms with Crippen molar-refractivity contribution in [3.05, 3.63) is 0 Å². The predicted octanol–water partition coefficient (Wildman–Crippen LogP) is 1.91. The van der Waals surface area contributed by atoms with E-state index in [1.54, 1.807) is 7.05 Å². The van der Waals surface area contributed by atoms with Crippen LogP contribution in [0.1, 0.15) is 32.6 Å². The van der Waals surface area contributed by atoms with Crippen molar-refractivity contribution in [2.75, 3.05) is 30.8 Å². The molecule has 0 radical (unpaired) electrons. The van der Waals surface area contributed by atoms with E-state index in [1.807, 2.05) is 0 Å². The Hall–Kier alpha value is -1.59. The summed E-state index contributed by atoms with van der Waals surface area (Å²) in [6.45, 7) is 3.58. The molecular weight excluding hydrogens is 230 g/mol. The Morgan fingerprint density at radius 3 is 2.67 bits per heavy atom. The highest BCUT2D eigenvalue weighted by Crippen LogP contribution is 2.32. The average Bonchev–Trinajstić information content (AvgIpc) is 3.20. The Bertz CT molecular complexity index is 381. The molecule has 1 fully saturated rings. The maximum Gasteiger partial charge on any atom is 0.323 e. The molecule has 0 aromatic carbocycles. The summed E-state index contributed by atoms with van der Waals surface area (Å²) in [4.78, 5) is 12.6. The van der Waals surface area contributed by atoms with Gasteiger partial charge >= 0.3 is 6.01 Å². The number of nitrogens with one attached hydrogen (secondary N) is 2. The smallest absolute Gasteiger partial charge is 0.323 e. The molecule has 100 valence electrons. The van der Waals surface area contributed by atoms with E-state index in [9.17, 15) is 0 Å². The largest absolute Gasteiger partial charge is 0.463 e. The van der Waals surface area contributed by atoms with Gasteiger partial charge in [0.05, 0.1) is 6.61 Å². The average molecular weight is 251 g/mol. The quantitative estimate of drug-likeness (QED) is 0.735. The van der Waals surface area contributed by atoms with Crippen LogP contribution in [0, 0.1) is 5.92 Å². The summed E-state index contributed by atoms with van der Waals surface area (Å²) >= 11 is 0. The third-order valence-electron chi connectivity index (χ3n) is 2.81. The molecule has 1 saturated carbocycles. The van der Waals surface area contributed by atoms with Crippen molar-refractivity contribution in [3.8, 4) is 6.01 Å². The first-order chi connectivity index (χ1) is 8.81. The van der Waals surface area contributed by atoms with Gasteiger partial charge in [-0.3, -0.25) is 0 Å². The number of anilines is 2. The zero-order valence-electron chi connectivity index (χ0n) is 11.1. The second kappa shape index (κ2) is 6.37. The molecule has 1 heterocycles. The van der Waals surface area contributed by atoms with Gasteiger partial charge < -0.3 is 15.4 Å². The molecule has 0 unspecified atom stereocenters. The fraction of sp³-hybridized carbons (Fsp3) is 0.750. The first-order valence-electron chi connectivity index (χ1n) is 6.62. The van der Waals surface area contributed by atoms with E-state index in [1.165, 1.54) is 19.3 Å². The Morgan fingerprint density at radius 2 is 2.00 bits per heavy atom. The molecule has 1 aliphatic carbocycles. The zero-order valence-corrected chi connectivity index (χ0v) is 11.1. The second-order valence-corrected chi connectivity index (χ2v) is 4.52. The lowest BCUT2D eigenvalue weighted by Crippen LogP contribution is -2.11. The van der Waals surface area contributed by atoms with Crippen molar-refractivity contribution >= 4 is 11.9 Å². The highest BCUT2D eigenvalue weighted by molar-refractivity contribution is 5.35. The van der Waals surface area contributed by atoms with Crippen LogP contribution in [-0.4, -0.2) is 35.2 Å². The lowest BCUT2D eigenvalue weighted by atomic mass is 10.3. The Morgan fingerprint density at radius 1 is 1.22 bits per heavy atom. The van der Waals surface area contributed by atoms with Crippen LogP contribution >= 0.6 is 0 Å². The van der Waals surface area contributed by atoms with Gasteiger partial charge in [0.25, 0.3) is 0 Å². The predicted molar refractivity (Wildman–Crippen MR) is 71.0 cm³/mol. The van der Waals surface area contributed by atoms with Crippen LogP contribution in [0.25, 0.3) is 0 Å². The first kappa shape index (κ1) is 12.9.